The van der Waals surface area contributed by atoms with Gasteiger partial charge in [-0.25, -0.2) is 18.4 Å². The fourth-order valence-electron chi connectivity index (χ4n) is 2.68. The van der Waals surface area contributed by atoms with Crippen LogP contribution in [0, 0.1) is 13.8 Å². The van der Waals surface area contributed by atoms with Crippen LogP contribution < -0.4 is 0 Å². The van der Waals surface area contributed by atoms with Gasteiger partial charge in [-0.05, 0) is 32.0 Å². The smallest absolute Gasteiger partial charge is 0.243 e. The maximum Gasteiger partial charge on any atom is 0.243 e. The van der Waals surface area contributed by atoms with Gasteiger partial charge >= 0.3 is 0 Å². The molecular weight excluding hydrogens is 314 g/mol. The van der Waals surface area contributed by atoms with E-state index in [9.17, 15) is 8.42 Å². The molecule has 0 N–H and O–H groups in total. The van der Waals surface area contributed by atoms with Crippen molar-refractivity contribution in [1.29, 1.82) is 0 Å². The molecular formula is C16H19N3O3S. The number of hydrogen-bond acceptors (Lipinski definition) is 5. The van der Waals surface area contributed by atoms with Crippen molar-refractivity contribution in [3.63, 3.8) is 0 Å². The third-order valence-electron chi connectivity index (χ3n) is 3.73. The van der Waals surface area contributed by atoms with Gasteiger partial charge in [-0.3, -0.25) is 0 Å². The first-order valence-electron chi connectivity index (χ1n) is 7.46. The Balaban J connectivity index is 1.86. The molecule has 6 nitrogen and oxygen atoms in total. The molecule has 1 atom stereocenters. The van der Waals surface area contributed by atoms with Gasteiger partial charge in [0.1, 0.15) is 11.9 Å². The van der Waals surface area contributed by atoms with E-state index in [2.05, 4.69) is 9.97 Å². The summed E-state index contributed by atoms with van der Waals surface area (Å²) in [5, 5.41) is 0. The molecule has 7 heteroatoms. The van der Waals surface area contributed by atoms with Crippen LogP contribution in [-0.4, -0.2) is 42.4 Å². The van der Waals surface area contributed by atoms with Crippen molar-refractivity contribution in [2.75, 3.05) is 19.7 Å². The molecule has 1 aliphatic heterocycles. The van der Waals surface area contributed by atoms with E-state index in [1.165, 1.54) is 4.31 Å². The molecule has 23 heavy (non-hydrogen) atoms. The summed E-state index contributed by atoms with van der Waals surface area (Å²) in [5.74, 6) is 0.659. The van der Waals surface area contributed by atoms with Crippen molar-refractivity contribution in [3.05, 3.63) is 53.6 Å². The number of benzene rings is 1. The molecule has 1 unspecified atom stereocenters. The highest BCUT2D eigenvalue weighted by atomic mass is 32.2. The first kappa shape index (κ1) is 16.0. The van der Waals surface area contributed by atoms with Crippen molar-refractivity contribution < 1.29 is 13.2 Å². The second-order valence-corrected chi connectivity index (χ2v) is 7.45. The lowest BCUT2D eigenvalue weighted by molar-refractivity contribution is -0.00513. The first-order chi connectivity index (χ1) is 11.0. The minimum Gasteiger partial charge on any atom is -0.369 e. The fourth-order valence-corrected chi connectivity index (χ4v) is 4.12. The van der Waals surface area contributed by atoms with Gasteiger partial charge in [-0.2, -0.15) is 4.31 Å². The number of rotatable bonds is 3. The Morgan fingerprint density at radius 2 is 1.91 bits per heavy atom. The van der Waals surface area contributed by atoms with E-state index in [-0.39, 0.29) is 12.6 Å². The van der Waals surface area contributed by atoms with E-state index in [0.717, 1.165) is 11.4 Å². The number of aromatic nitrogens is 2. The number of sulfonamides is 1. The zero-order valence-corrected chi connectivity index (χ0v) is 14.0. The molecule has 0 radical (unpaired) electrons. The summed E-state index contributed by atoms with van der Waals surface area (Å²) in [6, 6.07) is 10.3. The standard InChI is InChI=1S/C16H19N3O3S/c1-12-10-15(18-13(2)17-12)16-11-19(8-9-22-16)23(20,21)14-6-4-3-5-7-14/h3-7,10,16H,8-9,11H2,1-2H3. The molecule has 1 fully saturated rings. The molecule has 0 bridgehead atoms. The summed E-state index contributed by atoms with van der Waals surface area (Å²) in [6.07, 6.45) is -0.373. The second kappa shape index (κ2) is 6.35. The van der Waals surface area contributed by atoms with Crippen LogP contribution in [0.4, 0.5) is 0 Å². The molecule has 0 saturated carbocycles. The molecule has 1 aromatic carbocycles. The molecule has 2 aromatic rings. The second-order valence-electron chi connectivity index (χ2n) is 5.52. The van der Waals surface area contributed by atoms with Crippen LogP contribution in [0.1, 0.15) is 23.3 Å². The Bertz CT molecular complexity index is 773. The molecule has 1 aliphatic rings. The molecule has 122 valence electrons. The normalized spacial score (nSPS) is 19.7. The number of aryl methyl sites for hydroxylation is 2. The largest absolute Gasteiger partial charge is 0.369 e. The molecule has 0 amide bonds. The van der Waals surface area contributed by atoms with Gasteiger partial charge in [0.25, 0.3) is 0 Å². The van der Waals surface area contributed by atoms with Gasteiger partial charge < -0.3 is 4.74 Å². The lowest BCUT2D eigenvalue weighted by Crippen LogP contribution is -2.42. The molecule has 3 rings (SSSR count). The monoisotopic (exact) mass is 333 g/mol. The Hall–Kier alpha value is -1.83. The van der Waals surface area contributed by atoms with Crippen molar-refractivity contribution in [3.8, 4) is 0 Å². The molecule has 2 heterocycles. The fraction of sp³-hybridized carbons (Fsp3) is 0.375. The van der Waals surface area contributed by atoms with Gasteiger partial charge in [0.15, 0.2) is 0 Å². The Morgan fingerprint density at radius 3 is 2.61 bits per heavy atom. The first-order valence-corrected chi connectivity index (χ1v) is 8.90. The SMILES string of the molecule is Cc1cc(C2CN(S(=O)(=O)c3ccccc3)CCO2)nc(C)n1. The van der Waals surface area contributed by atoms with Crippen molar-refractivity contribution in [2.45, 2.75) is 24.8 Å². The van der Waals surface area contributed by atoms with Crippen LogP contribution in [-0.2, 0) is 14.8 Å². The Labute approximate surface area is 136 Å². The molecule has 1 saturated heterocycles. The number of morpholine rings is 1. The Morgan fingerprint density at radius 1 is 1.17 bits per heavy atom. The van der Waals surface area contributed by atoms with Crippen molar-refractivity contribution >= 4 is 10.0 Å². The summed E-state index contributed by atoms with van der Waals surface area (Å²) >= 11 is 0. The predicted octanol–water partition coefficient (Wildman–Crippen LogP) is 1.86. The van der Waals surface area contributed by atoms with Gasteiger partial charge in [0.2, 0.25) is 10.0 Å². The van der Waals surface area contributed by atoms with Crippen molar-refractivity contribution in [2.24, 2.45) is 0 Å². The van der Waals surface area contributed by atoms with E-state index in [1.807, 2.05) is 19.9 Å². The topological polar surface area (TPSA) is 72.4 Å². The van der Waals surface area contributed by atoms with Gasteiger partial charge in [0, 0.05) is 18.8 Å². The average molecular weight is 333 g/mol. The summed E-state index contributed by atoms with van der Waals surface area (Å²) < 4.78 is 32.7. The quantitative estimate of drug-likeness (QED) is 0.857. The maximum atomic E-state index is 12.7. The van der Waals surface area contributed by atoms with Gasteiger partial charge in [-0.15, -0.1) is 0 Å². The predicted molar refractivity (Wildman–Crippen MR) is 85.4 cm³/mol. The van der Waals surface area contributed by atoms with Gasteiger partial charge in [0.05, 0.1) is 17.2 Å². The summed E-state index contributed by atoms with van der Waals surface area (Å²) in [5.41, 5.74) is 1.57. The van der Waals surface area contributed by atoms with Crippen molar-refractivity contribution in [1.82, 2.24) is 14.3 Å². The highest BCUT2D eigenvalue weighted by Gasteiger charge is 2.32. The highest BCUT2D eigenvalue weighted by molar-refractivity contribution is 7.89. The minimum absolute atomic E-state index is 0.257. The zero-order chi connectivity index (χ0) is 16.4. The third kappa shape index (κ3) is 3.41. The zero-order valence-electron chi connectivity index (χ0n) is 13.1. The van der Waals surface area contributed by atoms with Crippen LogP contribution in [0.5, 0.6) is 0 Å². The molecule has 1 aromatic heterocycles. The van der Waals surface area contributed by atoms with Crippen LogP contribution in [0.25, 0.3) is 0 Å². The number of hydrogen-bond donors (Lipinski definition) is 0. The summed E-state index contributed by atoms with van der Waals surface area (Å²) in [6.45, 7) is 4.65. The van der Waals surface area contributed by atoms with E-state index in [0.29, 0.717) is 23.9 Å². The van der Waals surface area contributed by atoms with E-state index >= 15 is 0 Å². The van der Waals surface area contributed by atoms with Crippen LogP contribution >= 0.6 is 0 Å². The third-order valence-corrected chi connectivity index (χ3v) is 5.61. The number of ether oxygens (including phenoxy) is 1. The average Bonchev–Trinajstić information content (AvgIpc) is 2.55. The minimum atomic E-state index is -3.51. The van der Waals surface area contributed by atoms with E-state index < -0.39 is 10.0 Å². The molecule has 0 spiro atoms. The summed E-state index contributed by atoms with van der Waals surface area (Å²) in [4.78, 5) is 8.94. The number of nitrogens with zero attached hydrogens (tertiary/aromatic N) is 3. The Kier molecular flexibility index (Phi) is 4.43. The lowest BCUT2D eigenvalue weighted by Gasteiger charge is -2.32. The van der Waals surface area contributed by atoms with Crippen LogP contribution in [0.15, 0.2) is 41.3 Å². The molecule has 0 aliphatic carbocycles. The van der Waals surface area contributed by atoms with E-state index in [1.54, 1.807) is 30.3 Å². The van der Waals surface area contributed by atoms with Crippen LogP contribution in [0.2, 0.25) is 0 Å². The van der Waals surface area contributed by atoms with Crippen LogP contribution in [0.3, 0.4) is 0 Å². The summed E-state index contributed by atoms with van der Waals surface area (Å²) in [7, 11) is -3.51. The lowest BCUT2D eigenvalue weighted by atomic mass is 10.2. The van der Waals surface area contributed by atoms with E-state index in [4.69, 9.17) is 4.74 Å². The maximum absolute atomic E-state index is 12.7. The highest BCUT2D eigenvalue weighted by Crippen LogP contribution is 2.25. The van der Waals surface area contributed by atoms with Gasteiger partial charge in [-0.1, -0.05) is 18.2 Å².